The highest BCUT2D eigenvalue weighted by molar-refractivity contribution is 7.97. The molecule has 140 valence electrons. The van der Waals surface area contributed by atoms with E-state index < -0.39 is 0 Å². The van der Waals surface area contributed by atoms with Gasteiger partial charge in [-0.05, 0) is 61.5 Å². The van der Waals surface area contributed by atoms with Gasteiger partial charge in [0.25, 0.3) is 0 Å². The van der Waals surface area contributed by atoms with Crippen LogP contribution in [0.25, 0.3) is 0 Å². The SMILES string of the molecule is CCOC(=O)C1CC(N)CN(Sc2ccc(SN(CC)CC)cc2)C1. The van der Waals surface area contributed by atoms with Crippen LogP contribution in [0, 0.1) is 5.92 Å². The van der Waals surface area contributed by atoms with Gasteiger partial charge in [0, 0.05) is 42.0 Å². The van der Waals surface area contributed by atoms with Gasteiger partial charge in [-0.1, -0.05) is 13.8 Å². The third-order valence-corrected chi connectivity index (χ3v) is 6.36. The van der Waals surface area contributed by atoms with Gasteiger partial charge >= 0.3 is 5.97 Å². The van der Waals surface area contributed by atoms with Crippen molar-refractivity contribution in [3.63, 3.8) is 0 Å². The first-order valence-corrected chi connectivity index (χ1v) is 10.5. The van der Waals surface area contributed by atoms with Crippen molar-refractivity contribution in [1.29, 1.82) is 0 Å². The number of piperidine rings is 1. The monoisotopic (exact) mass is 383 g/mol. The van der Waals surface area contributed by atoms with Gasteiger partial charge in [-0.15, -0.1) is 0 Å². The Morgan fingerprint density at radius 1 is 1.20 bits per heavy atom. The highest BCUT2D eigenvalue weighted by atomic mass is 32.2. The van der Waals surface area contributed by atoms with Crippen molar-refractivity contribution in [3.05, 3.63) is 24.3 Å². The van der Waals surface area contributed by atoms with Crippen LogP contribution in [0.15, 0.2) is 34.1 Å². The predicted octanol–water partition coefficient (Wildman–Crippen LogP) is 3.25. The van der Waals surface area contributed by atoms with E-state index in [1.54, 1.807) is 23.9 Å². The molecule has 1 aromatic carbocycles. The first-order valence-electron chi connectivity index (χ1n) is 8.93. The molecule has 1 saturated heterocycles. The Morgan fingerprint density at radius 3 is 2.44 bits per heavy atom. The number of nitrogens with zero attached hydrogens (tertiary/aromatic N) is 2. The second-order valence-corrected chi connectivity index (χ2v) is 8.40. The smallest absolute Gasteiger partial charge is 0.310 e. The molecule has 1 fully saturated rings. The highest BCUT2D eigenvalue weighted by Gasteiger charge is 2.31. The molecule has 0 radical (unpaired) electrons. The van der Waals surface area contributed by atoms with Gasteiger partial charge in [-0.2, -0.15) is 0 Å². The van der Waals surface area contributed by atoms with Crippen LogP contribution in [0.4, 0.5) is 0 Å². The van der Waals surface area contributed by atoms with Crippen molar-refractivity contribution < 1.29 is 9.53 Å². The zero-order chi connectivity index (χ0) is 18.2. The Hall–Kier alpha value is -0.730. The van der Waals surface area contributed by atoms with Crippen molar-refractivity contribution >= 4 is 29.9 Å². The van der Waals surface area contributed by atoms with E-state index in [0.717, 1.165) is 19.6 Å². The lowest BCUT2D eigenvalue weighted by Gasteiger charge is -2.34. The van der Waals surface area contributed by atoms with Crippen molar-refractivity contribution in [3.8, 4) is 0 Å². The van der Waals surface area contributed by atoms with Gasteiger partial charge in [-0.3, -0.25) is 4.79 Å². The second kappa shape index (κ2) is 10.4. The first kappa shape index (κ1) is 20.6. The van der Waals surface area contributed by atoms with Crippen LogP contribution >= 0.6 is 23.9 Å². The van der Waals surface area contributed by atoms with Crippen molar-refractivity contribution in [1.82, 2.24) is 8.61 Å². The fraction of sp³-hybridized carbons (Fsp3) is 0.611. The van der Waals surface area contributed by atoms with Crippen LogP contribution in [0.3, 0.4) is 0 Å². The Balaban J connectivity index is 1.93. The minimum Gasteiger partial charge on any atom is -0.466 e. The van der Waals surface area contributed by atoms with E-state index in [9.17, 15) is 4.79 Å². The number of hydrogen-bond acceptors (Lipinski definition) is 7. The average molecular weight is 384 g/mol. The minimum atomic E-state index is -0.131. The quantitative estimate of drug-likeness (QED) is 0.546. The summed E-state index contributed by atoms with van der Waals surface area (Å²) < 4.78 is 9.66. The van der Waals surface area contributed by atoms with E-state index in [1.165, 1.54) is 9.79 Å². The summed E-state index contributed by atoms with van der Waals surface area (Å²) in [7, 11) is 0. The predicted molar refractivity (Wildman–Crippen MR) is 105 cm³/mol. The van der Waals surface area contributed by atoms with E-state index in [1.807, 2.05) is 6.92 Å². The van der Waals surface area contributed by atoms with Crippen LogP contribution in [-0.2, 0) is 9.53 Å². The lowest BCUT2D eigenvalue weighted by Crippen LogP contribution is -2.46. The maximum Gasteiger partial charge on any atom is 0.310 e. The molecule has 0 bridgehead atoms. The summed E-state index contributed by atoms with van der Waals surface area (Å²) >= 11 is 3.45. The molecule has 0 spiro atoms. The van der Waals surface area contributed by atoms with Crippen LogP contribution in [0.5, 0.6) is 0 Å². The average Bonchev–Trinajstić information content (AvgIpc) is 2.61. The largest absolute Gasteiger partial charge is 0.466 e. The van der Waals surface area contributed by atoms with E-state index >= 15 is 0 Å². The number of nitrogens with two attached hydrogens (primary N) is 1. The molecule has 0 aromatic heterocycles. The van der Waals surface area contributed by atoms with Gasteiger partial charge in [-0.25, -0.2) is 8.61 Å². The summed E-state index contributed by atoms with van der Waals surface area (Å²) in [5, 5.41) is 0. The van der Waals surface area contributed by atoms with Crippen LogP contribution in [0.2, 0.25) is 0 Å². The van der Waals surface area contributed by atoms with E-state index in [-0.39, 0.29) is 17.9 Å². The second-order valence-electron chi connectivity index (χ2n) is 6.06. The number of carbonyl (C=O) groups is 1. The van der Waals surface area contributed by atoms with Gasteiger partial charge < -0.3 is 10.5 Å². The fourth-order valence-electron chi connectivity index (χ4n) is 2.81. The lowest BCUT2D eigenvalue weighted by molar-refractivity contribution is -0.149. The molecule has 0 saturated carbocycles. The topological polar surface area (TPSA) is 58.8 Å². The maximum atomic E-state index is 12.0. The Morgan fingerprint density at radius 2 is 1.84 bits per heavy atom. The highest BCUT2D eigenvalue weighted by Crippen LogP contribution is 2.30. The molecule has 2 atom stereocenters. The number of esters is 1. The van der Waals surface area contributed by atoms with Crippen LogP contribution in [0.1, 0.15) is 27.2 Å². The van der Waals surface area contributed by atoms with Crippen molar-refractivity contribution in [2.24, 2.45) is 11.7 Å². The van der Waals surface area contributed by atoms with E-state index in [2.05, 4.69) is 46.7 Å². The summed E-state index contributed by atoms with van der Waals surface area (Å²) in [6.07, 6.45) is 0.704. The van der Waals surface area contributed by atoms with Crippen molar-refractivity contribution in [2.75, 3.05) is 32.8 Å². The molecule has 2 N–H and O–H groups in total. The Kier molecular flexibility index (Phi) is 8.58. The number of ether oxygens (including phenoxy) is 1. The third-order valence-electron chi connectivity index (χ3n) is 4.07. The minimum absolute atomic E-state index is 0.00755. The normalized spacial score (nSPS) is 21.5. The summed E-state index contributed by atoms with van der Waals surface area (Å²) in [5.74, 6) is -0.261. The van der Waals surface area contributed by atoms with Crippen LogP contribution < -0.4 is 5.73 Å². The molecular formula is C18H29N3O2S2. The molecule has 2 rings (SSSR count). The first-order chi connectivity index (χ1) is 12.0. The van der Waals surface area contributed by atoms with Gasteiger partial charge in [0.05, 0.1) is 12.5 Å². The molecule has 5 nitrogen and oxygen atoms in total. The standard InChI is InChI=1S/C18H29N3O2S2/c1-4-20(5-2)24-16-7-9-17(10-8-16)25-21-12-14(11-15(19)13-21)18(22)23-6-3/h7-10,14-15H,4-6,11-13,19H2,1-3H3. The molecule has 25 heavy (non-hydrogen) atoms. The van der Waals surface area contributed by atoms with Gasteiger partial charge in [0.2, 0.25) is 0 Å². The molecule has 1 aromatic rings. The molecule has 7 heteroatoms. The molecule has 1 heterocycles. The van der Waals surface area contributed by atoms with Gasteiger partial charge in [0.15, 0.2) is 0 Å². The molecule has 1 aliphatic rings. The number of rotatable bonds is 8. The van der Waals surface area contributed by atoms with Crippen molar-refractivity contribution in [2.45, 2.75) is 43.0 Å². The maximum absolute atomic E-state index is 12.0. The number of benzene rings is 1. The molecule has 1 aliphatic heterocycles. The van der Waals surface area contributed by atoms with Crippen LogP contribution in [-0.4, -0.2) is 53.4 Å². The molecule has 0 aliphatic carbocycles. The zero-order valence-electron chi connectivity index (χ0n) is 15.3. The fourth-order valence-corrected chi connectivity index (χ4v) is 4.70. The zero-order valence-corrected chi connectivity index (χ0v) is 16.9. The Labute approximate surface area is 159 Å². The third kappa shape index (κ3) is 6.49. The lowest BCUT2D eigenvalue weighted by atomic mass is 9.96. The number of carbonyl (C=O) groups excluding carboxylic acids is 1. The summed E-state index contributed by atoms with van der Waals surface area (Å²) in [6, 6.07) is 8.58. The molecule has 0 amide bonds. The summed E-state index contributed by atoms with van der Waals surface area (Å²) in [4.78, 5) is 14.4. The summed E-state index contributed by atoms with van der Waals surface area (Å²) in [6.45, 7) is 10.1. The molecule has 2 unspecified atom stereocenters. The van der Waals surface area contributed by atoms with E-state index in [4.69, 9.17) is 10.5 Å². The Bertz CT molecular complexity index is 538. The van der Waals surface area contributed by atoms with Gasteiger partial charge in [0.1, 0.15) is 0 Å². The van der Waals surface area contributed by atoms with E-state index in [0.29, 0.717) is 19.6 Å². The number of hydrogen-bond donors (Lipinski definition) is 1. The molecular weight excluding hydrogens is 354 g/mol. The summed E-state index contributed by atoms with van der Waals surface area (Å²) in [5.41, 5.74) is 6.14.